The van der Waals surface area contributed by atoms with E-state index in [0.717, 1.165) is 18.4 Å². The van der Waals surface area contributed by atoms with E-state index in [-0.39, 0.29) is 18.0 Å². The van der Waals surface area contributed by atoms with Crippen molar-refractivity contribution in [3.8, 4) is 0 Å². The van der Waals surface area contributed by atoms with Crippen molar-refractivity contribution in [1.82, 2.24) is 4.90 Å². The SMILES string of the molecule is CCOC(=O)N1CCC(Nc2ccc(C)cc2F)CC1. The number of benzene rings is 1. The number of amides is 1. The first-order valence-corrected chi connectivity index (χ1v) is 7.04. The number of halogens is 1. The summed E-state index contributed by atoms with van der Waals surface area (Å²) in [6.45, 7) is 5.34. The summed E-state index contributed by atoms with van der Waals surface area (Å²) in [6, 6.07) is 5.37. The molecule has 1 aromatic carbocycles. The molecule has 20 heavy (non-hydrogen) atoms. The summed E-state index contributed by atoms with van der Waals surface area (Å²) < 4.78 is 18.7. The number of hydrogen-bond donors (Lipinski definition) is 1. The number of nitrogens with zero attached hydrogens (tertiary/aromatic N) is 1. The minimum Gasteiger partial charge on any atom is -0.450 e. The summed E-state index contributed by atoms with van der Waals surface area (Å²) in [5.41, 5.74) is 1.44. The second-order valence-corrected chi connectivity index (χ2v) is 5.09. The Bertz CT molecular complexity index is 471. The summed E-state index contributed by atoms with van der Waals surface area (Å²) in [7, 11) is 0. The predicted molar refractivity (Wildman–Crippen MR) is 76.4 cm³/mol. The van der Waals surface area contributed by atoms with Crippen molar-refractivity contribution >= 4 is 11.8 Å². The van der Waals surface area contributed by atoms with Gasteiger partial charge in [-0.2, -0.15) is 0 Å². The third kappa shape index (κ3) is 3.62. The Hall–Kier alpha value is -1.78. The van der Waals surface area contributed by atoms with Gasteiger partial charge in [0.05, 0.1) is 12.3 Å². The molecule has 0 aromatic heterocycles. The van der Waals surface area contributed by atoms with E-state index in [2.05, 4.69) is 5.32 Å². The summed E-state index contributed by atoms with van der Waals surface area (Å²) in [4.78, 5) is 13.3. The smallest absolute Gasteiger partial charge is 0.409 e. The molecule has 1 aliphatic rings. The number of hydrogen-bond acceptors (Lipinski definition) is 3. The van der Waals surface area contributed by atoms with E-state index < -0.39 is 0 Å². The van der Waals surface area contributed by atoms with Crippen LogP contribution in [-0.4, -0.2) is 36.7 Å². The van der Waals surface area contributed by atoms with Crippen LogP contribution in [0.15, 0.2) is 18.2 Å². The van der Waals surface area contributed by atoms with Crippen molar-refractivity contribution in [2.45, 2.75) is 32.7 Å². The van der Waals surface area contributed by atoms with Crippen LogP contribution in [0.4, 0.5) is 14.9 Å². The van der Waals surface area contributed by atoms with E-state index in [1.165, 1.54) is 6.07 Å². The lowest BCUT2D eigenvalue weighted by Gasteiger charge is -2.32. The second-order valence-electron chi connectivity index (χ2n) is 5.09. The third-order valence-electron chi connectivity index (χ3n) is 3.51. The number of carbonyl (C=O) groups excluding carboxylic acids is 1. The van der Waals surface area contributed by atoms with Crippen molar-refractivity contribution in [3.05, 3.63) is 29.6 Å². The van der Waals surface area contributed by atoms with E-state index in [1.807, 2.05) is 13.0 Å². The Morgan fingerprint density at radius 3 is 2.75 bits per heavy atom. The van der Waals surface area contributed by atoms with Crippen LogP contribution in [0.5, 0.6) is 0 Å². The van der Waals surface area contributed by atoms with Crippen LogP contribution in [-0.2, 0) is 4.74 Å². The van der Waals surface area contributed by atoms with E-state index in [1.54, 1.807) is 17.9 Å². The largest absolute Gasteiger partial charge is 0.450 e. The first-order valence-electron chi connectivity index (χ1n) is 7.04. The Morgan fingerprint density at radius 1 is 1.45 bits per heavy atom. The molecule has 1 aliphatic heterocycles. The van der Waals surface area contributed by atoms with Gasteiger partial charge in [0, 0.05) is 19.1 Å². The number of nitrogens with one attached hydrogen (secondary N) is 1. The van der Waals surface area contributed by atoms with Crippen LogP contribution in [0.25, 0.3) is 0 Å². The number of carbonyl (C=O) groups is 1. The van der Waals surface area contributed by atoms with Crippen LogP contribution in [0, 0.1) is 12.7 Å². The monoisotopic (exact) mass is 280 g/mol. The van der Waals surface area contributed by atoms with Crippen LogP contribution < -0.4 is 5.32 Å². The molecule has 1 amide bonds. The van der Waals surface area contributed by atoms with E-state index in [0.29, 0.717) is 25.4 Å². The number of piperidine rings is 1. The second kappa shape index (κ2) is 6.59. The molecule has 0 atom stereocenters. The standard InChI is InChI=1S/C15H21FN2O2/c1-3-20-15(19)18-8-6-12(7-9-18)17-14-5-4-11(2)10-13(14)16/h4-5,10,12,17H,3,6-9H2,1-2H3. The average molecular weight is 280 g/mol. The maximum Gasteiger partial charge on any atom is 0.409 e. The number of rotatable bonds is 3. The number of ether oxygens (including phenoxy) is 1. The Kier molecular flexibility index (Phi) is 4.82. The molecule has 0 aliphatic carbocycles. The van der Waals surface area contributed by atoms with Crippen molar-refractivity contribution in [1.29, 1.82) is 0 Å². The fourth-order valence-corrected chi connectivity index (χ4v) is 2.38. The normalized spacial score (nSPS) is 16.1. The molecular formula is C15H21FN2O2. The molecule has 1 heterocycles. The summed E-state index contributed by atoms with van der Waals surface area (Å²) in [5.74, 6) is -0.224. The van der Waals surface area contributed by atoms with Crippen molar-refractivity contribution in [2.24, 2.45) is 0 Å². The van der Waals surface area contributed by atoms with Gasteiger partial charge in [0.25, 0.3) is 0 Å². The van der Waals surface area contributed by atoms with Gasteiger partial charge in [0.1, 0.15) is 5.82 Å². The highest BCUT2D eigenvalue weighted by Gasteiger charge is 2.23. The Balaban J connectivity index is 1.86. The maximum atomic E-state index is 13.8. The molecule has 2 rings (SSSR count). The summed E-state index contributed by atoms with van der Waals surface area (Å²) in [5, 5.41) is 3.21. The van der Waals surface area contributed by atoms with Crippen LogP contribution >= 0.6 is 0 Å². The van der Waals surface area contributed by atoms with Crippen molar-refractivity contribution in [2.75, 3.05) is 25.0 Å². The first kappa shape index (κ1) is 14.6. The van der Waals surface area contributed by atoms with Crippen LogP contribution in [0.2, 0.25) is 0 Å². The molecule has 1 N–H and O–H groups in total. The highest BCUT2D eigenvalue weighted by Crippen LogP contribution is 2.20. The number of likely N-dealkylation sites (tertiary alicyclic amines) is 1. The van der Waals surface area contributed by atoms with Gasteiger partial charge in [-0.05, 0) is 44.4 Å². The average Bonchev–Trinajstić information content (AvgIpc) is 2.43. The topological polar surface area (TPSA) is 41.6 Å². The summed E-state index contributed by atoms with van der Waals surface area (Å²) in [6.07, 6.45) is 1.34. The van der Waals surface area contributed by atoms with Crippen LogP contribution in [0.1, 0.15) is 25.3 Å². The highest BCUT2D eigenvalue weighted by atomic mass is 19.1. The molecule has 0 unspecified atom stereocenters. The number of anilines is 1. The molecule has 1 saturated heterocycles. The van der Waals surface area contributed by atoms with E-state index in [9.17, 15) is 9.18 Å². The molecule has 1 aromatic rings. The lowest BCUT2D eigenvalue weighted by molar-refractivity contribution is 0.0983. The quantitative estimate of drug-likeness (QED) is 0.924. The Labute approximate surface area is 118 Å². The zero-order chi connectivity index (χ0) is 14.5. The fraction of sp³-hybridized carbons (Fsp3) is 0.533. The molecule has 1 fully saturated rings. The van der Waals surface area contributed by atoms with Gasteiger partial charge < -0.3 is 15.0 Å². The molecular weight excluding hydrogens is 259 g/mol. The molecule has 0 saturated carbocycles. The third-order valence-corrected chi connectivity index (χ3v) is 3.51. The lowest BCUT2D eigenvalue weighted by Crippen LogP contribution is -2.42. The first-order chi connectivity index (χ1) is 9.60. The van der Waals surface area contributed by atoms with Gasteiger partial charge in [-0.1, -0.05) is 6.07 Å². The lowest BCUT2D eigenvalue weighted by atomic mass is 10.0. The van der Waals surface area contributed by atoms with E-state index in [4.69, 9.17) is 4.74 Å². The minimum absolute atomic E-state index is 0.192. The van der Waals surface area contributed by atoms with Gasteiger partial charge in [-0.25, -0.2) is 9.18 Å². The summed E-state index contributed by atoms with van der Waals surface area (Å²) >= 11 is 0. The molecule has 0 spiro atoms. The Morgan fingerprint density at radius 2 is 2.15 bits per heavy atom. The van der Waals surface area contributed by atoms with Crippen LogP contribution in [0.3, 0.4) is 0 Å². The van der Waals surface area contributed by atoms with Gasteiger partial charge in [0.2, 0.25) is 0 Å². The zero-order valence-electron chi connectivity index (χ0n) is 12.0. The number of aryl methyl sites for hydroxylation is 1. The van der Waals surface area contributed by atoms with Gasteiger partial charge >= 0.3 is 6.09 Å². The van der Waals surface area contributed by atoms with Crippen molar-refractivity contribution < 1.29 is 13.9 Å². The molecule has 4 nitrogen and oxygen atoms in total. The fourth-order valence-electron chi connectivity index (χ4n) is 2.38. The molecule has 5 heteroatoms. The highest BCUT2D eigenvalue weighted by molar-refractivity contribution is 5.67. The molecule has 0 radical (unpaired) electrons. The van der Waals surface area contributed by atoms with Gasteiger partial charge in [0.15, 0.2) is 0 Å². The minimum atomic E-state index is -0.257. The van der Waals surface area contributed by atoms with Gasteiger partial charge in [-0.15, -0.1) is 0 Å². The molecule has 110 valence electrons. The maximum absolute atomic E-state index is 13.8. The molecule has 0 bridgehead atoms. The predicted octanol–water partition coefficient (Wildman–Crippen LogP) is 3.17. The van der Waals surface area contributed by atoms with E-state index >= 15 is 0 Å². The van der Waals surface area contributed by atoms with Gasteiger partial charge in [-0.3, -0.25) is 0 Å². The zero-order valence-corrected chi connectivity index (χ0v) is 12.0. The van der Waals surface area contributed by atoms with Crippen molar-refractivity contribution in [3.63, 3.8) is 0 Å².